The second-order valence-corrected chi connectivity index (χ2v) is 3.89. The van der Waals surface area contributed by atoms with E-state index in [1.807, 2.05) is 24.3 Å². The Morgan fingerprint density at radius 1 is 1.38 bits per heavy atom. The maximum atomic E-state index is 10.9. The lowest BCUT2D eigenvalue weighted by molar-refractivity contribution is -0.130. The van der Waals surface area contributed by atoms with E-state index in [4.69, 9.17) is 5.73 Å². The van der Waals surface area contributed by atoms with Crippen LogP contribution in [-0.4, -0.2) is 11.9 Å². The van der Waals surface area contributed by atoms with E-state index >= 15 is 0 Å². The van der Waals surface area contributed by atoms with Gasteiger partial charge in [0.2, 0.25) is 5.91 Å². The monoisotopic (exact) mass is 240 g/mol. The number of hydrogen-bond acceptors (Lipinski definition) is 2. The van der Waals surface area contributed by atoms with Crippen molar-refractivity contribution in [1.82, 2.24) is 5.32 Å². The van der Waals surface area contributed by atoms with Crippen LogP contribution in [-0.2, 0) is 4.79 Å². The highest BCUT2D eigenvalue weighted by atomic mass is 79.9. The smallest absolute Gasteiger partial charge is 0.239 e. The number of β-lactam (4-membered cyclic amide) rings is 1. The van der Waals surface area contributed by atoms with Gasteiger partial charge in [0, 0.05) is 4.47 Å². The minimum Gasteiger partial charge on any atom is -0.346 e. The summed E-state index contributed by atoms with van der Waals surface area (Å²) in [5.41, 5.74) is 6.67. The predicted molar refractivity (Wildman–Crippen MR) is 53.0 cm³/mol. The molecule has 68 valence electrons. The molecule has 1 aliphatic rings. The maximum absolute atomic E-state index is 10.9. The molecular formula is C9H9BrN2O. The Bertz CT molecular complexity index is 353. The first-order valence-electron chi connectivity index (χ1n) is 4.00. The van der Waals surface area contributed by atoms with Gasteiger partial charge in [0.1, 0.15) is 6.04 Å². The van der Waals surface area contributed by atoms with Crippen LogP contribution >= 0.6 is 15.9 Å². The fraction of sp³-hybridized carbons (Fsp3) is 0.222. The average Bonchev–Trinajstić information content (AvgIpc) is 2.15. The number of carbonyl (C=O) groups excluding carboxylic acids is 1. The first-order valence-corrected chi connectivity index (χ1v) is 4.80. The number of amides is 1. The highest BCUT2D eigenvalue weighted by molar-refractivity contribution is 9.10. The van der Waals surface area contributed by atoms with Gasteiger partial charge in [0.15, 0.2) is 0 Å². The fourth-order valence-corrected chi connectivity index (χ4v) is 1.92. The molecule has 0 radical (unpaired) electrons. The molecule has 1 fully saturated rings. The van der Waals surface area contributed by atoms with Crippen LogP contribution in [0.3, 0.4) is 0 Å². The van der Waals surface area contributed by atoms with E-state index in [9.17, 15) is 4.79 Å². The van der Waals surface area contributed by atoms with Crippen LogP contribution in [0.15, 0.2) is 28.7 Å². The summed E-state index contributed by atoms with van der Waals surface area (Å²) in [5, 5.41) is 2.76. The minimum absolute atomic E-state index is 0.0388. The Morgan fingerprint density at radius 2 is 2.08 bits per heavy atom. The van der Waals surface area contributed by atoms with E-state index in [1.165, 1.54) is 0 Å². The summed E-state index contributed by atoms with van der Waals surface area (Å²) in [6.45, 7) is 0. The van der Waals surface area contributed by atoms with Crippen LogP contribution in [0.4, 0.5) is 0 Å². The number of nitrogens with one attached hydrogen (secondary N) is 1. The summed E-state index contributed by atoms with van der Waals surface area (Å²) in [4.78, 5) is 10.9. The highest BCUT2D eigenvalue weighted by Gasteiger charge is 2.37. The molecule has 1 aliphatic heterocycles. The summed E-state index contributed by atoms with van der Waals surface area (Å²) in [7, 11) is 0. The summed E-state index contributed by atoms with van der Waals surface area (Å²) in [6.07, 6.45) is 0. The Hall–Kier alpha value is -0.870. The molecule has 3 N–H and O–H groups in total. The third kappa shape index (κ3) is 1.36. The molecule has 1 heterocycles. The van der Waals surface area contributed by atoms with Crippen molar-refractivity contribution in [2.75, 3.05) is 0 Å². The van der Waals surface area contributed by atoms with Gasteiger partial charge in [-0.2, -0.15) is 0 Å². The quantitative estimate of drug-likeness (QED) is 0.719. The number of halogens is 1. The van der Waals surface area contributed by atoms with Gasteiger partial charge in [-0.1, -0.05) is 34.1 Å². The van der Waals surface area contributed by atoms with Crippen LogP contribution in [0, 0.1) is 0 Å². The van der Waals surface area contributed by atoms with Gasteiger partial charge < -0.3 is 11.1 Å². The van der Waals surface area contributed by atoms with Gasteiger partial charge in [0.05, 0.1) is 6.04 Å². The minimum atomic E-state index is -0.404. The lowest BCUT2D eigenvalue weighted by Gasteiger charge is -2.34. The lowest BCUT2D eigenvalue weighted by Crippen LogP contribution is -2.60. The molecule has 1 amide bonds. The number of carbonyl (C=O) groups is 1. The largest absolute Gasteiger partial charge is 0.346 e. The van der Waals surface area contributed by atoms with E-state index in [0.717, 1.165) is 10.0 Å². The highest BCUT2D eigenvalue weighted by Crippen LogP contribution is 2.29. The SMILES string of the molecule is NC1C(=O)NC1c1ccccc1Br. The van der Waals surface area contributed by atoms with E-state index in [2.05, 4.69) is 21.2 Å². The summed E-state index contributed by atoms with van der Waals surface area (Å²) >= 11 is 3.41. The average molecular weight is 241 g/mol. The molecule has 0 spiro atoms. The zero-order chi connectivity index (χ0) is 9.42. The van der Waals surface area contributed by atoms with Crippen molar-refractivity contribution in [1.29, 1.82) is 0 Å². The van der Waals surface area contributed by atoms with E-state index in [-0.39, 0.29) is 11.9 Å². The number of benzene rings is 1. The summed E-state index contributed by atoms with van der Waals surface area (Å²) in [5.74, 6) is -0.0826. The molecule has 0 aromatic heterocycles. The first-order chi connectivity index (χ1) is 6.20. The lowest BCUT2D eigenvalue weighted by atomic mass is 9.92. The molecule has 1 saturated heterocycles. The maximum Gasteiger partial charge on any atom is 0.239 e. The van der Waals surface area contributed by atoms with Gasteiger partial charge in [-0.15, -0.1) is 0 Å². The predicted octanol–water partition coefficient (Wildman–Crippen LogP) is 0.947. The van der Waals surface area contributed by atoms with Crippen LogP contribution in [0.5, 0.6) is 0 Å². The molecule has 0 bridgehead atoms. The Kier molecular flexibility index (Phi) is 2.09. The Balaban J connectivity index is 2.27. The van der Waals surface area contributed by atoms with Crippen LogP contribution in [0.2, 0.25) is 0 Å². The van der Waals surface area contributed by atoms with E-state index in [1.54, 1.807) is 0 Å². The van der Waals surface area contributed by atoms with Gasteiger partial charge in [-0.05, 0) is 11.6 Å². The van der Waals surface area contributed by atoms with Crippen molar-refractivity contribution in [3.05, 3.63) is 34.3 Å². The van der Waals surface area contributed by atoms with Crippen LogP contribution < -0.4 is 11.1 Å². The molecule has 2 rings (SSSR count). The van der Waals surface area contributed by atoms with Gasteiger partial charge in [-0.3, -0.25) is 4.79 Å². The summed E-state index contributed by atoms with van der Waals surface area (Å²) < 4.78 is 0.982. The van der Waals surface area contributed by atoms with E-state index < -0.39 is 6.04 Å². The fourth-order valence-electron chi connectivity index (χ4n) is 1.39. The zero-order valence-corrected chi connectivity index (χ0v) is 8.41. The molecule has 0 aliphatic carbocycles. The van der Waals surface area contributed by atoms with Crippen molar-refractivity contribution < 1.29 is 4.79 Å². The molecule has 1 aromatic rings. The third-order valence-corrected chi connectivity index (χ3v) is 2.92. The second kappa shape index (κ2) is 3.12. The second-order valence-electron chi connectivity index (χ2n) is 3.03. The van der Waals surface area contributed by atoms with Gasteiger partial charge >= 0.3 is 0 Å². The number of nitrogens with two attached hydrogens (primary N) is 1. The normalized spacial score (nSPS) is 26.5. The van der Waals surface area contributed by atoms with Crippen molar-refractivity contribution in [2.24, 2.45) is 5.73 Å². The third-order valence-electron chi connectivity index (χ3n) is 2.20. The molecule has 0 saturated carbocycles. The molecule has 2 atom stereocenters. The Labute approximate surface area is 84.4 Å². The summed E-state index contributed by atoms with van der Waals surface area (Å²) in [6, 6.07) is 7.30. The molecule has 2 unspecified atom stereocenters. The Morgan fingerprint density at radius 3 is 2.62 bits per heavy atom. The molecule has 13 heavy (non-hydrogen) atoms. The molecule has 3 nitrogen and oxygen atoms in total. The molecule has 4 heteroatoms. The van der Waals surface area contributed by atoms with Gasteiger partial charge in [-0.25, -0.2) is 0 Å². The molecule has 1 aromatic carbocycles. The first kappa shape index (κ1) is 8.72. The standard InChI is InChI=1S/C9H9BrN2O/c10-6-4-2-1-3-5(6)8-7(11)9(13)12-8/h1-4,7-8H,11H2,(H,12,13). The van der Waals surface area contributed by atoms with Gasteiger partial charge in [0.25, 0.3) is 0 Å². The zero-order valence-electron chi connectivity index (χ0n) is 6.83. The van der Waals surface area contributed by atoms with E-state index in [0.29, 0.717) is 0 Å². The number of hydrogen-bond donors (Lipinski definition) is 2. The number of rotatable bonds is 1. The van der Waals surface area contributed by atoms with Crippen LogP contribution in [0.1, 0.15) is 11.6 Å². The van der Waals surface area contributed by atoms with Crippen molar-refractivity contribution in [3.63, 3.8) is 0 Å². The van der Waals surface area contributed by atoms with Crippen molar-refractivity contribution >= 4 is 21.8 Å². The topological polar surface area (TPSA) is 55.1 Å². The van der Waals surface area contributed by atoms with Crippen molar-refractivity contribution in [2.45, 2.75) is 12.1 Å². The van der Waals surface area contributed by atoms with Crippen molar-refractivity contribution in [3.8, 4) is 0 Å². The van der Waals surface area contributed by atoms with Crippen LogP contribution in [0.25, 0.3) is 0 Å². The molecular weight excluding hydrogens is 232 g/mol.